The van der Waals surface area contributed by atoms with Gasteiger partial charge in [-0.15, -0.1) is 0 Å². The smallest absolute Gasteiger partial charge is 0.164 e. The highest BCUT2D eigenvalue weighted by atomic mass is 15.0. The number of aromatic nitrogens is 3. The Morgan fingerprint density at radius 2 is 0.806 bits per heavy atom. The quantitative estimate of drug-likeness (QED) is 0.149. The van der Waals surface area contributed by atoms with E-state index in [2.05, 4.69) is 121 Å². The summed E-state index contributed by atoms with van der Waals surface area (Å²) < 4.78 is 0. The van der Waals surface area contributed by atoms with Crippen LogP contribution in [-0.4, -0.2) is 15.0 Å². The Morgan fingerprint density at radius 1 is 0.306 bits per heavy atom. The molecular weight excluding hydrogens is 757 g/mol. The minimum absolute atomic E-state index is 0.453. The van der Waals surface area contributed by atoms with Gasteiger partial charge in [-0.25, -0.2) is 15.0 Å². The Bertz CT molecular complexity index is 3420. The van der Waals surface area contributed by atoms with Gasteiger partial charge in [0.15, 0.2) is 17.5 Å². The zero-order valence-electron chi connectivity index (χ0n) is 33.2. The Labute approximate surface area is 358 Å². The summed E-state index contributed by atoms with van der Waals surface area (Å²) in [6.07, 6.45) is 0. The van der Waals surface area contributed by atoms with Crippen LogP contribution in [0.5, 0.6) is 0 Å². The third-order valence-electron chi connectivity index (χ3n) is 11.2. The summed E-state index contributed by atoms with van der Waals surface area (Å²) in [7, 11) is 0. The number of nitriles is 3. The second-order valence-electron chi connectivity index (χ2n) is 15.0. The number of nitrogens with zero attached hydrogens (tertiary/aromatic N) is 6. The third-order valence-corrected chi connectivity index (χ3v) is 11.2. The fourth-order valence-corrected chi connectivity index (χ4v) is 8.17. The molecule has 0 aliphatic heterocycles. The number of fused-ring (bicyclic) bond motifs is 3. The molecule has 6 nitrogen and oxygen atoms in total. The molecule has 1 aromatic heterocycles. The third kappa shape index (κ3) is 6.99. The van der Waals surface area contributed by atoms with Crippen molar-refractivity contribution in [2.24, 2.45) is 0 Å². The van der Waals surface area contributed by atoms with Crippen LogP contribution in [0, 0.1) is 34.0 Å². The molecule has 0 unspecified atom stereocenters. The number of benzene rings is 9. The Balaban J connectivity index is 1.07. The largest absolute Gasteiger partial charge is 0.208 e. The van der Waals surface area contributed by atoms with Gasteiger partial charge in [-0.3, -0.25) is 0 Å². The van der Waals surface area contributed by atoms with E-state index in [0.717, 1.165) is 61.2 Å². The Morgan fingerprint density at radius 3 is 1.50 bits per heavy atom. The first-order valence-electron chi connectivity index (χ1n) is 20.1. The molecule has 0 bridgehead atoms. The molecule has 10 rings (SSSR count). The highest BCUT2D eigenvalue weighted by Crippen LogP contribution is 2.40. The maximum atomic E-state index is 10.5. The van der Waals surface area contributed by atoms with Crippen LogP contribution in [0.4, 0.5) is 0 Å². The maximum absolute atomic E-state index is 10.5. The topological polar surface area (TPSA) is 110 Å². The standard InChI is InChI=1S/C56H32N6/c57-33-36-18-22-39(23-19-36)54-60-55(40-24-20-37(34-58)21-25-40)62-56(61-54)52-16-4-3-15-49(52)43-10-6-12-46(32-43)53-47(35-59)13-7-17-51(53)44-11-5-9-41(30-44)42-28-29-50-45(31-42)27-26-38-8-1-2-14-48(38)50/h1-32H. The molecule has 286 valence electrons. The van der Waals surface area contributed by atoms with Crippen molar-refractivity contribution in [3.8, 4) is 96.9 Å². The van der Waals surface area contributed by atoms with E-state index in [1.165, 1.54) is 21.5 Å². The van der Waals surface area contributed by atoms with E-state index in [-0.39, 0.29) is 0 Å². The Kier molecular flexibility index (Phi) is 9.60. The van der Waals surface area contributed by atoms with Crippen molar-refractivity contribution in [2.45, 2.75) is 0 Å². The van der Waals surface area contributed by atoms with E-state index in [1.54, 1.807) is 24.3 Å². The van der Waals surface area contributed by atoms with Gasteiger partial charge in [-0.05, 0) is 133 Å². The zero-order chi connectivity index (χ0) is 42.0. The van der Waals surface area contributed by atoms with E-state index in [0.29, 0.717) is 34.2 Å². The summed E-state index contributed by atoms with van der Waals surface area (Å²) in [5.74, 6) is 1.38. The minimum Gasteiger partial charge on any atom is -0.208 e. The molecule has 0 radical (unpaired) electrons. The highest BCUT2D eigenvalue weighted by molar-refractivity contribution is 6.08. The van der Waals surface area contributed by atoms with Gasteiger partial charge in [0.25, 0.3) is 0 Å². The van der Waals surface area contributed by atoms with Crippen LogP contribution in [0.25, 0.3) is 100 Å². The number of rotatable bonds is 7. The van der Waals surface area contributed by atoms with Gasteiger partial charge in [-0.2, -0.15) is 15.8 Å². The molecule has 0 saturated heterocycles. The molecule has 0 aliphatic rings. The van der Waals surface area contributed by atoms with Gasteiger partial charge in [-0.1, -0.05) is 121 Å². The summed E-state index contributed by atoms with van der Waals surface area (Å²) in [4.78, 5) is 14.9. The second-order valence-corrected chi connectivity index (χ2v) is 15.0. The lowest BCUT2D eigenvalue weighted by Gasteiger charge is -2.16. The number of hydrogen-bond acceptors (Lipinski definition) is 6. The molecule has 0 spiro atoms. The first-order valence-corrected chi connectivity index (χ1v) is 20.1. The normalized spacial score (nSPS) is 10.9. The van der Waals surface area contributed by atoms with Crippen LogP contribution in [0.3, 0.4) is 0 Å². The van der Waals surface area contributed by atoms with E-state index in [9.17, 15) is 15.8 Å². The van der Waals surface area contributed by atoms with Crippen LogP contribution in [0.1, 0.15) is 16.7 Å². The second kappa shape index (κ2) is 16.0. The van der Waals surface area contributed by atoms with Crippen molar-refractivity contribution in [3.05, 3.63) is 211 Å². The van der Waals surface area contributed by atoms with Crippen molar-refractivity contribution in [2.75, 3.05) is 0 Å². The molecule has 9 aromatic carbocycles. The lowest BCUT2D eigenvalue weighted by Crippen LogP contribution is -2.01. The summed E-state index contributed by atoms with van der Waals surface area (Å²) in [6, 6.07) is 71.3. The van der Waals surface area contributed by atoms with E-state index >= 15 is 0 Å². The summed E-state index contributed by atoms with van der Waals surface area (Å²) in [5.41, 5.74) is 11.7. The molecule has 1 heterocycles. The van der Waals surface area contributed by atoms with E-state index < -0.39 is 0 Å². The molecule has 62 heavy (non-hydrogen) atoms. The summed E-state index contributed by atoms with van der Waals surface area (Å²) in [6.45, 7) is 0. The van der Waals surface area contributed by atoms with Crippen molar-refractivity contribution < 1.29 is 0 Å². The molecule has 10 aromatic rings. The van der Waals surface area contributed by atoms with Gasteiger partial charge >= 0.3 is 0 Å². The first-order chi connectivity index (χ1) is 30.6. The lowest BCUT2D eigenvalue weighted by atomic mass is 9.88. The van der Waals surface area contributed by atoms with Gasteiger partial charge in [0.2, 0.25) is 0 Å². The zero-order valence-corrected chi connectivity index (χ0v) is 33.2. The molecule has 6 heteroatoms. The summed E-state index contributed by atoms with van der Waals surface area (Å²) >= 11 is 0. The van der Waals surface area contributed by atoms with Gasteiger partial charge in [0, 0.05) is 22.3 Å². The van der Waals surface area contributed by atoms with Gasteiger partial charge in [0.1, 0.15) is 0 Å². The van der Waals surface area contributed by atoms with Crippen LogP contribution < -0.4 is 0 Å². The maximum Gasteiger partial charge on any atom is 0.164 e. The average Bonchev–Trinajstić information content (AvgIpc) is 3.35. The first kappa shape index (κ1) is 37.3. The predicted octanol–water partition coefficient (Wildman–Crippen LogP) is 13.5. The SMILES string of the molecule is N#Cc1ccc(-c2nc(-c3ccc(C#N)cc3)nc(-c3ccccc3-c3cccc(-c4c(C#N)cccc4-c4cccc(-c5ccc6c(ccc7ccccc76)c5)c4)c3)n2)cc1. The lowest BCUT2D eigenvalue weighted by molar-refractivity contribution is 1.07. The molecule has 0 atom stereocenters. The fraction of sp³-hybridized carbons (Fsp3) is 0. The number of hydrogen-bond donors (Lipinski definition) is 0. The van der Waals surface area contributed by atoms with Crippen LogP contribution in [-0.2, 0) is 0 Å². The van der Waals surface area contributed by atoms with E-state index in [1.807, 2.05) is 66.7 Å². The van der Waals surface area contributed by atoms with Crippen molar-refractivity contribution >= 4 is 21.5 Å². The molecule has 0 aliphatic carbocycles. The average molecular weight is 789 g/mol. The summed E-state index contributed by atoms with van der Waals surface area (Å²) in [5, 5.41) is 34.3. The molecule has 0 fully saturated rings. The molecule has 0 N–H and O–H groups in total. The minimum atomic E-state index is 0.453. The molecule has 0 amide bonds. The molecular formula is C56H32N6. The van der Waals surface area contributed by atoms with Crippen molar-refractivity contribution in [1.82, 2.24) is 15.0 Å². The fourth-order valence-electron chi connectivity index (χ4n) is 8.17. The Hall–Kier alpha value is -9.02. The monoisotopic (exact) mass is 788 g/mol. The van der Waals surface area contributed by atoms with Crippen LogP contribution in [0.15, 0.2) is 194 Å². The highest BCUT2D eigenvalue weighted by Gasteiger charge is 2.18. The van der Waals surface area contributed by atoms with Gasteiger partial charge < -0.3 is 0 Å². The van der Waals surface area contributed by atoms with Crippen LogP contribution >= 0.6 is 0 Å². The predicted molar refractivity (Wildman–Crippen MR) is 247 cm³/mol. The van der Waals surface area contributed by atoms with Crippen molar-refractivity contribution in [1.29, 1.82) is 15.8 Å². The van der Waals surface area contributed by atoms with Crippen molar-refractivity contribution in [3.63, 3.8) is 0 Å². The van der Waals surface area contributed by atoms with E-state index in [4.69, 9.17) is 15.0 Å². The van der Waals surface area contributed by atoms with Gasteiger partial charge in [0.05, 0.1) is 34.9 Å². The molecule has 0 saturated carbocycles. The van der Waals surface area contributed by atoms with Crippen LogP contribution in [0.2, 0.25) is 0 Å².